The molecule has 1 aromatic carbocycles. The van der Waals surface area contributed by atoms with Crippen molar-refractivity contribution in [2.75, 3.05) is 5.73 Å². The summed E-state index contributed by atoms with van der Waals surface area (Å²) < 4.78 is 1.51. The number of fused-ring (bicyclic) bond motifs is 1. The fourth-order valence-electron chi connectivity index (χ4n) is 2.01. The smallest absolute Gasteiger partial charge is 0.271 e. The molecule has 0 saturated heterocycles. The van der Waals surface area contributed by atoms with Gasteiger partial charge in [0.25, 0.3) is 5.91 Å². The molecule has 20 heavy (non-hydrogen) atoms. The number of aromatic nitrogens is 3. The van der Waals surface area contributed by atoms with Crippen LogP contribution in [-0.2, 0) is 0 Å². The number of hydrogen-bond acceptors (Lipinski definition) is 4. The molecule has 0 bridgehead atoms. The monoisotopic (exact) mass is 287 g/mol. The zero-order chi connectivity index (χ0) is 14.3. The van der Waals surface area contributed by atoms with Crippen LogP contribution in [0.5, 0.6) is 0 Å². The predicted octanol–water partition coefficient (Wildman–Crippen LogP) is 1.75. The lowest BCUT2D eigenvalue weighted by Crippen LogP contribution is -2.14. The van der Waals surface area contributed by atoms with Gasteiger partial charge in [-0.2, -0.15) is 5.10 Å². The van der Waals surface area contributed by atoms with Gasteiger partial charge in [-0.05, 0) is 24.3 Å². The first-order valence-electron chi connectivity index (χ1n) is 5.76. The highest BCUT2D eigenvalue weighted by atomic mass is 35.5. The lowest BCUT2D eigenvalue weighted by atomic mass is 10.2. The number of nitrogens with two attached hydrogens (primary N) is 2. The fourth-order valence-corrected chi connectivity index (χ4v) is 2.17. The van der Waals surface area contributed by atoms with Gasteiger partial charge in [0.1, 0.15) is 0 Å². The van der Waals surface area contributed by atoms with E-state index in [-0.39, 0.29) is 11.4 Å². The Balaban J connectivity index is 2.24. The maximum atomic E-state index is 11.2. The molecule has 7 heteroatoms. The number of benzene rings is 1. The Kier molecular flexibility index (Phi) is 2.80. The van der Waals surface area contributed by atoms with E-state index in [0.29, 0.717) is 5.02 Å². The lowest BCUT2D eigenvalue weighted by Gasteiger charge is -2.05. The van der Waals surface area contributed by atoms with Crippen molar-refractivity contribution in [3.05, 3.63) is 47.4 Å². The van der Waals surface area contributed by atoms with Crippen LogP contribution in [0, 0.1) is 0 Å². The molecule has 0 spiro atoms. The van der Waals surface area contributed by atoms with Gasteiger partial charge in [0.15, 0.2) is 5.69 Å². The summed E-state index contributed by atoms with van der Waals surface area (Å²) in [6, 6.07) is 7.12. The average molecular weight is 288 g/mol. The Morgan fingerprint density at radius 1 is 1.30 bits per heavy atom. The van der Waals surface area contributed by atoms with E-state index in [1.807, 2.05) is 6.07 Å². The Morgan fingerprint density at radius 3 is 2.80 bits per heavy atom. The molecule has 0 unspecified atom stereocenters. The molecule has 3 rings (SSSR count). The normalized spacial score (nSPS) is 10.8. The second-order valence-corrected chi connectivity index (χ2v) is 4.67. The topological polar surface area (TPSA) is 99.8 Å². The minimum absolute atomic E-state index is 0.0453. The zero-order valence-corrected chi connectivity index (χ0v) is 11.0. The van der Waals surface area contributed by atoms with E-state index in [2.05, 4.69) is 10.1 Å². The van der Waals surface area contributed by atoms with E-state index in [1.54, 1.807) is 30.6 Å². The number of pyridine rings is 1. The van der Waals surface area contributed by atoms with E-state index < -0.39 is 5.91 Å². The molecule has 0 aliphatic rings. The summed E-state index contributed by atoms with van der Waals surface area (Å²) in [6.45, 7) is 0. The molecule has 2 heterocycles. The van der Waals surface area contributed by atoms with Crippen molar-refractivity contribution in [1.29, 1.82) is 0 Å². The Morgan fingerprint density at radius 2 is 2.10 bits per heavy atom. The van der Waals surface area contributed by atoms with Crippen LogP contribution in [0.4, 0.5) is 5.69 Å². The van der Waals surface area contributed by atoms with Crippen LogP contribution in [0.3, 0.4) is 0 Å². The molecule has 0 saturated carbocycles. The maximum absolute atomic E-state index is 11.2. The van der Waals surface area contributed by atoms with Crippen molar-refractivity contribution >= 4 is 34.1 Å². The van der Waals surface area contributed by atoms with Gasteiger partial charge in [0, 0.05) is 16.6 Å². The SMILES string of the molecule is NC(=O)c1nn(-c2ccnc3cc(Cl)ccc23)cc1N. The van der Waals surface area contributed by atoms with Crippen molar-refractivity contribution in [3.8, 4) is 5.69 Å². The maximum Gasteiger partial charge on any atom is 0.271 e. The molecular weight excluding hydrogens is 278 g/mol. The molecular formula is C13H10ClN5O. The highest BCUT2D eigenvalue weighted by molar-refractivity contribution is 6.31. The molecule has 0 fully saturated rings. The van der Waals surface area contributed by atoms with Gasteiger partial charge >= 0.3 is 0 Å². The van der Waals surface area contributed by atoms with Gasteiger partial charge in [0.2, 0.25) is 0 Å². The number of halogens is 1. The predicted molar refractivity (Wildman–Crippen MR) is 76.8 cm³/mol. The minimum atomic E-state index is -0.664. The molecule has 100 valence electrons. The summed E-state index contributed by atoms with van der Waals surface area (Å²) in [5.74, 6) is -0.664. The standard InChI is InChI=1S/C13H10ClN5O/c14-7-1-2-8-10(5-7)17-4-3-11(8)19-6-9(15)12(18-19)13(16)20/h1-6H,15H2,(H2,16,20). The highest BCUT2D eigenvalue weighted by Crippen LogP contribution is 2.24. The van der Waals surface area contributed by atoms with E-state index >= 15 is 0 Å². The second kappa shape index (κ2) is 4.50. The number of hydrogen-bond donors (Lipinski definition) is 2. The van der Waals surface area contributed by atoms with Crippen molar-refractivity contribution in [2.24, 2.45) is 5.73 Å². The lowest BCUT2D eigenvalue weighted by molar-refractivity contribution is 0.0996. The number of primary amides is 1. The molecule has 3 aromatic rings. The summed E-state index contributed by atoms with van der Waals surface area (Å²) in [5.41, 5.74) is 12.7. The number of amides is 1. The fraction of sp³-hybridized carbons (Fsp3) is 0. The van der Waals surface area contributed by atoms with Gasteiger partial charge in [-0.25, -0.2) is 4.68 Å². The summed E-state index contributed by atoms with van der Waals surface area (Å²) in [4.78, 5) is 15.5. The zero-order valence-electron chi connectivity index (χ0n) is 10.2. The second-order valence-electron chi connectivity index (χ2n) is 4.23. The van der Waals surface area contributed by atoms with Crippen molar-refractivity contribution in [2.45, 2.75) is 0 Å². The van der Waals surface area contributed by atoms with E-state index in [4.69, 9.17) is 23.1 Å². The number of anilines is 1. The quantitative estimate of drug-likeness (QED) is 0.750. The van der Waals surface area contributed by atoms with E-state index in [9.17, 15) is 4.79 Å². The van der Waals surface area contributed by atoms with Crippen LogP contribution in [0.2, 0.25) is 5.02 Å². The Labute approximate surface area is 119 Å². The molecule has 0 radical (unpaired) electrons. The highest BCUT2D eigenvalue weighted by Gasteiger charge is 2.13. The van der Waals surface area contributed by atoms with Gasteiger partial charge in [0.05, 0.1) is 23.1 Å². The summed E-state index contributed by atoms with van der Waals surface area (Å²) in [7, 11) is 0. The third kappa shape index (κ3) is 1.96. The van der Waals surface area contributed by atoms with Crippen LogP contribution in [0.25, 0.3) is 16.6 Å². The first kappa shape index (κ1) is 12.4. The Bertz CT molecular complexity index is 827. The van der Waals surface area contributed by atoms with Crippen LogP contribution >= 0.6 is 11.6 Å². The van der Waals surface area contributed by atoms with Gasteiger partial charge < -0.3 is 11.5 Å². The van der Waals surface area contributed by atoms with Crippen LogP contribution in [-0.4, -0.2) is 20.7 Å². The molecule has 2 aromatic heterocycles. The summed E-state index contributed by atoms with van der Waals surface area (Å²) in [6.07, 6.45) is 3.18. The molecule has 4 N–H and O–H groups in total. The summed E-state index contributed by atoms with van der Waals surface area (Å²) in [5, 5.41) is 5.55. The van der Waals surface area contributed by atoms with E-state index in [1.165, 1.54) is 4.68 Å². The number of carbonyl (C=O) groups excluding carboxylic acids is 1. The van der Waals surface area contributed by atoms with Crippen molar-refractivity contribution in [3.63, 3.8) is 0 Å². The van der Waals surface area contributed by atoms with Gasteiger partial charge in [-0.3, -0.25) is 9.78 Å². The number of carbonyl (C=O) groups is 1. The summed E-state index contributed by atoms with van der Waals surface area (Å²) >= 11 is 5.94. The molecule has 0 aliphatic carbocycles. The number of nitrogen functional groups attached to an aromatic ring is 1. The number of nitrogens with zero attached hydrogens (tertiary/aromatic N) is 3. The van der Waals surface area contributed by atoms with Gasteiger partial charge in [-0.15, -0.1) is 0 Å². The van der Waals surface area contributed by atoms with E-state index in [0.717, 1.165) is 16.6 Å². The largest absolute Gasteiger partial charge is 0.396 e. The van der Waals surface area contributed by atoms with Crippen molar-refractivity contribution < 1.29 is 4.79 Å². The van der Waals surface area contributed by atoms with Crippen LogP contribution in [0.1, 0.15) is 10.5 Å². The van der Waals surface area contributed by atoms with Crippen LogP contribution in [0.15, 0.2) is 36.7 Å². The van der Waals surface area contributed by atoms with Gasteiger partial charge in [-0.1, -0.05) is 11.6 Å². The number of rotatable bonds is 2. The molecule has 6 nitrogen and oxygen atoms in total. The van der Waals surface area contributed by atoms with Crippen molar-refractivity contribution in [1.82, 2.24) is 14.8 Å². The third-order valence-electron chi connectivity index (χ3n) is 2.90. The average Bonchev–Trinajstić information content (AvgIpc) is 2.79. The molecule has 1 amide bonds. The molecule has 0 atom stereocenters. The van der Waals surface area contributed by atoms with Crippen LogP contribution < -0.4 is 11.5 Å². The Hall–Kier alpha value is -2.60. The minimum Gasteiger partial charge on any atom is -0.396 e. The first-order valence-corrected chi connectivity index (χ1v) is 6.13. The first-order chi connectivity index (χ1) is 9.56. The third-order valence-corrected chi connectivity index (χ3v) is 3.14. The molecule has 0 aliphatic heterocycles.